The van der Waals surface area contributed by atoms with Crippen LogP contribution in [0, 0.1) is 5.92 Å². The van der Waals surface area contributed by atoms with Crippen LogP contribution in [0.1, 0.15) is 54.7 Å². The Labute approximate surface area is 263 Å². The first-order chi connectivity index (χ1) is 21.8. The molecule has 4 atom stereocenters. The highest BCUT2D eigenvalue weighted by Crippen LogP contribution is 2.51. The highest BCUT2D eigenvalue weighted by atomic mass is 16.5. The van der Waals surface area contributed by atoms with Crippen LogP contribution in [-0.2, 0) is 22.6 Å². The van der Waals surface area contributed by atoms with E-state index in [1.165, 1.54) is 7.11 Å². The molecule has 0 saturated heterocycles. The molecule has 45 heavy (non-hydrogen) atoms. The standard InChI is InChI=1S/C34H44N2O9/c1-42-23-8-9-27(43-2)22(17-23)10-12-36(29(39)16-20-6-4-5-7-20)26-18-25(34(41)35-11-13-37)30-24-14-21(19-38)15-28(44-3)32(24)45-33(30)31(26)40/h8-9,14-15,17-18,20,26,30-31,33,37-38,40H,4-7,10-13,16,19H2,1-3H3,(H,35,41)/t26-,30+,31+,33+/m1/s1. The Morgan fingerprint density at radius 2 is 1.78 bits per heavy atom. The van der Waals surface area contributed by atoms with Crippen molar-refractivity contribution >= 4 is 11.8 Å². The number of benzene rings is 2. The third kappa shape index (κ3) is 6.75. The lowest BCUT2D eigenvalue weighted by Gasteiger charge is -2.41. The molecular weight excluding hydrogens is 580 g/mol. The van der Waals surface area contributed by atoms with Crippen molar-refractivity contribution in [3.05, 3.63) is 58.7 Å². The number of ether oxygens (including phenoxy) is 4. The van der Waals surface area contributed by atoms with E-state index >= 15 is 0 Å². The molecule has 0 radical (unpaired) electrons. The van der Waals surface area contributed by atoms with Crippen molar-refractivity contribution in [2.75, 3.05) is 41.0 Å². The zero-order valence-electron chi connectivity index (χ0n) is 26.2. The highest BCUT2D eigenvalue weighted by Gasteiger charge is 2.51. The number of carbonyl (C=O) groups excluding carboxylic acids is 2. The number of nitrogens with one attached hydrogen (secondary N) is 1. The second kappa shape index (κ2) is 14.5. The third-order valence-electron chi connectivity index (χ3n) is 9.22. The maximum Gasteiger partial charge on any atom is 0.247 e. The average molecular weight is 625 g/mol. The summed E-state index contributed by atoms with van der Waals surface area (Å²) in [6, 6.07) is 8.04. The number of hydrogen-bond acceptors (Lipinski definition) is 9. The maximum atomic E-state index is 14.1. The maximum absolute atomic E-state index is 14.1. The van der Waals surface area contributed by atoms with Gasteiger partial charge in [-0.15, -0.1) is 0 Å². The van der Waals surface area contributed by atoms with Gasteiger partial charge in [-0.2, -0.15) is 0 Å². The molecule has 2 aliphatic carbocycles. The van der Waals surface area contributed by atoms with Crippen molar-refractivity contribution in [1.82, 2.24) is 10.2 Å². The van der Waals surface area contributed by atoms with Crippen LogP contribution < -0.4 is 24.3 Å². The van der Waals surface area contributed by atoms with Gasteiger partial charge in [0, 0.05) is 30.6 Å². The summed E-state index contributed by atoms with van der Waals surface area (Å²) in [7, 11) is 4.66. The number of amides is 2. The molecule has 0 unspecified atom stereocenters. The zero-order valence-corrected chi connectivity index (χ0v) is 26.2. The Balaban J connectivity index is 1.55. The summed E-state index contributed by atoms with van der Waals surface area (Å²) in [5, 5.41) is 34.1. The molecule has 3 aliphatic rings. The molecule has 0 aromatic heterocycles. The van der Waals surface area contributed by atoms with E-state index < -0.39 is 30.1 Å². The van der Waals surface area contributed by atoms with Gasteiger partial charge in [-0.3, -0.25) is 9.59 Å². The van der Waals surface area contributed by atoms with Crippen molar-refractivity contribution in [3.8, 4) is 23.0 Å². The fraction of sp³-hybridized carbons (Fsp3) is 0.529. The van der Waals surface area contributed by atoms with E-state index in [9.17, 15) is 24.9 Å². The SMILES string of the molecule is COc1ccc(OC)c(CCN(C(=O)CC2CCCC2)[C@@H]2C=C(C(=O)NCCO)[C@@H]3c4cc(CO)cc(OC)c4O[C@@H]3[C@H]2O)c1. The predicted molar refractivity (Wildman–Crippen MR) is 166 cm³/mol. The van der Waals surface area contributed by atoms with Gasteiger partial charge < -0.3 is 44.5 Å². The monoisotopic (exact) mass is 624 g/mol. The van der Waals surface area contributed by atoms with Crippen LogP contribution in [0.15, 0.2) is 42.0 Å². The molecule has 0 spiro atoms. The predicted octanol–water partition coefficient (Wildman–Crippen LogP) is 2.48. The Hall–Kier alpha value is -3.80. The summed E-state index contributed by atoms with van der Waals surface area (Å²) in [4.78, 5) is 29.4. The third-order valence-corrected chi connectivity index (χ3v) is 9.22. The summed E-state index contributed by atoms with van der Waals surface area (Å²) in [6.45, 7) is -0.210. The first-order valence-electron chi connectivity index (χ1n) is 15.6. The lowest BCUT2D eigenvalue weighted by atomic mass is 9.77. The summed E-state index contributed by atoms with van der Waals surface area (Å²) < 4.78 is 22.9. The van der Waals surface area contributed by atoms with Gasteiger partial charge in [0.15, 0.2) is 11.5 Å². The number of fused-ring (bicyclic) bond motifs is 3. The van der Waals surface area contributed by atoms with Gasteiger partial charge in [-0.05, 0) is 72.7 Å². The van der Waals surface area contributed by atoms with Gasteiger partial charge in [0.2, 0.25) is 11.8 Å². The minimum absolute atomic E-state index is 0.0362. The molecule has 1 heterocycles. The Morgan fingerprint density at radius 1 is 1.02 bits per heavy atom. The Morgan fingerprint density at radius 3 is 2.44 bits per heavy atom. The number of aliphatic hydroxyl groups is 3. The van der Waals surface area contributed by atoms with Crippen LogP contribution >= 0.6 is 0 Å². The Kier molecular flexibility index (Phi) is 10.5. The smallest absolute Gasteiger partial charge is 0.247 e. The molecule has 11 nitrogen and oxygen atoms in total. The lowest BCUT2D eigenvalue weighted by molar-refractivity contribution is -0.138. The normalized spacial score (nSPS) is 22.1. The average Bonchev–Trinajstić information content (AvgIpc) is 3.72. The first-order valence-corrected chi connectivity index (χ1v) is 15.6. The number of carbonyl (C=O) groups is 2. The van der Waals surface area contributed by atoms with E-state index in [4.69, 9.17) is 18.9 Å². The van der Waals surface area contributed by atoms with Gasteiger partial charge in [0.1, 0.15) is 23.7 Å². The summed E-state index contributed by atoms with van der Waals surface area (Å²) in [6.07, 6.45) is 4.50. The van der Waals surface area contributed by atoms with Gasteiger partial charge >= 0.3 is 0 Å². The van der Waals surface area contributed by atoms with E-state index in [2.05, 4.69) is 5.32 Å². The van der Waals surface area contributed by atoms with Crippen molar-refractivity contribution in [2.24, 2.45) is 5.92 Å². The molecule has 1 aliphatic heterocycles. The highest BCUT2D eigenvalue weighted by molar-refractivity contribution is 5.96. The molecule has 1 fully saturated rings. The molecule has 11 heteroatoms. The molecule has 4 N–H and O–H groups in total. The summed E-state index contributed by atoms with van der Waals surface area (Å²) in [5.74, 6) is 1.13. The fourth-order valence-corrected chi connectivity index (χ4v) is 6.96. The molecule has 1 saturated carbocycles. The first kappa shape index (κ1) is 32.6. The van der Waals surface area contributed by atoms with Crippen LogP contribution in [0.5, 0.6) is 23.0 Å². The number of nitrogens with zero attached hydrogens (tertiary/aromatic N) is 1. The van der Waals surface area contributed by atoms with Crippen LogP contribution in [0.3, 0.4) is 0 Å². The van der Waals surface area contributed by atoms with Gasteiger partial charge in [-0.25, -0.2) is 0 Å². The van der Waals surface area contributed by atoms with Gasteiger partial charge in [0.05, 0.1) is 46.5 Å². The van der Waals surface area contributed by atoms with Crippen molar-refractivity contribution < 1.29 is 43.9 Å². The number of hydrogen-bond donors (Lipinski definition) is 4. The zero-order chi connectivity index (χ0) is 32.1. The summed E-state index contributed by atoms with van der Waals surface area (Å²) >= 11 is 0. The second-order valence-corrected chi connectivity index (χ2v) is 11.9. The summed E-state index contributed by atoms with van der Waals surface area (Å²) in [5.41, 5.74) is 2.34. The van der Waals surface area contributed by atoms with Crippen molar-refractivity contribution in [1.29, 1.82) is 0 Å². The molecule has 244 valence electrons. The van der Waals surface area contributed by atoms with E-state index in [0.717, 1.165) is 31.2 Å². The minimum Gasteiger partial charge on any atom is -0.497 e. The number of rotatable bonds is 13. The van der Waals surface area contributed by atoms with E-state index in [0.29, 0.717) is 52.5 Å². The number of methoxy groups -OCH3 is 3. The van der Waals surface area contributed by atoms with Crippen LogP contribution in [0.4, 0.5) is 0 Å². The second-order valence-electron chi connectivity index (χ2n) is 11.9. The van der Waals surface area contributed by atoms with Crippen molar-refractivity contribution in [3.63, 3.8) is 0 Å². The molecule has 2 amide bonds. The molecule has 2 aromatic rings. The molecule has 2 aromatic carbocycles. The Bertz CT molecular complexity index is 1400. The van der Waals surface area contributed by atoms with Crippen LogP contribution in [0.2, 0.25) is 0 Å². The lowest BCUT2D eigenvalue weighted by Crippen LogP contribution is -2.56. The molecule has 5 rings (SSSR count). The van der Waals surface area contributed by atoms with Crippen molar-refractivity contribution in [2.45, 2.75) is 69.3 Å². The molecular formula is C34H44N2O9. The van der Waals surface area contributed by atoms with E-state index in [1.807, 2.05) is 18.2 Å². The quantitative estimate of drug-likeness (QED) is 0.264. The fourth-order valence-electron chi connectivity index (χ4n) is 6.96. The van der Waals surface area contributed by atoms with Gasteiger partial charge in [0.25, 0.3) is 0 Å². The van der Waals surface area contributed by atoms with E-state index in [-0.39, 0.29) is 38.1 Å². The minimum atomic E-state index is -1.18. The van der Waals surface area contributed by atoms with E-state index in [1.54, 1.807) is 37.3 Å². The van der Waals surface area contributed by atoms with Crippen LogP contribution in [-0.4, -0.2) is 91.3 Å². The molecule has 0 bridgehead atoms. The van der Waals surface area contributed by atoms with Crippen LogP contribution in [0.25, 0.3) is 0 Å². The topological polar surface area (TPSA) is 147 Å². The largest absolute Gasteiger partial charge is 0.497 e. The number of aliphatic hydroxyl groups excluding tert-OH is 3. The van der Waals surface area contributed by atoms with Gasteiger partial charge in [-0.1, -0.05) is 12.8 Å².